The summed E-state index contributed by atoms with van der Waals surface area (Å²) in [6, 6.07) is -0.129. The van der Waals surface area contributed by atoms with Gasteiger partial charge in [0.15, 0.2) is 0 Å². The van der Waals surface area contributed by atoms with Crippen molar-refractivity contribution in [2.24, 2.45) is 0 Å². The lowest BCUT2D eigenvalue weighted by Gasteiger charge is -2.29. The van der Waals surface area contributed by atoms with Crippen LogP contribution in [0.5, 0.6) is 0 Å². The molecule has 16 heavy (non-hydrogen) atoms. The van der Waals surface area contributed by atoms with Gasteiger partial charge in [0.2, 0.25) is 5.91 Å². The molecule has 1 saturated heterocycles. The Morgan fingerprint density at radius 2 is 2.25 bits per heavy atom. The number of nitrogens with one attached hydrogen (secondary N) is 1. The number of rotatable bonds is 5. The maximum absolute atomic E-state index is 12.0. The van der Waals surface area contributed by atoms with E-state index >= 15 is 0 Å². The van der Waals surface area contributed by atoms with E-state index in [2.05, 4.69) is 12.2 Å². The van der Waals surface area contributed by atoms with Crippen molar-refractivity contribution in [3.05, 3.63) is 0 Å². The molecular weight excluding hydrogens is 228 g/mol. The van der Waals surface area contributed by atoms with Crippen molar-refractivity contribution in [2.75, 3.05) is 32.8 Å². The van der Waals surface area contributed by atoms with Crippen molar-refractivity contribution in [1.82, 2.24) is 10.2 Å². The van der Waals surface area contributed by atoms with Crippen LogP contribution in [0.1, 0.15) is 26.7 Å². The van der Waals surface area contributed by atoms with E-state index in [9.17, 15) is 4.79 Å². The molecule has 1 aliphatic heterocycles. The van der Waals surface area contributed by atoms with Crippen LogP contribution < -0.4 is 5.32 Å². The van der Waals surface area contributed by atoms with Crippen molar-refractivity contribution < 1.29 is 9.53 Å². The second-order valence-electron chi connectivity index (χ2n) is 3.85. The molecule has 1 unspecified atom stereocenters. The Bertz CT molecular complexity index is 196. The third-order valence-corrected chi connectivity index (χ3v) is 2.69. The van der Waals surface area contributed by atoms with E-state index in [1.807, 2.05) is 11.8 Å². The number of carbonyl (C=O) groups excluding carboxylic acids is 1. The van der Waals surface area contributed by atoms with Crippen LogP contribution in [0.4, 0.5) is 0 Å². The van der Waals surface area contributed by atoms with Crippen LogP contribution in [0.15, 0.2) is 0 Å². The van der Waals surface area contributed by atoms with Gasteiger partial charge >= 0.3 is 0 Å². The quantitative estimate of drug-likeness (QED) is 0.793. The van der Waals surface area contributed by atoms with E-state index < -0.39 is 0 Å². The third-order valence-electron chi connectivity index (χ3n) is 2.69. The van der Waals surface area contributed by atoms with Gasteiger partial charge in [0.05, 0.1) is 13.2 Å². The van der Waals surface area contributed by atoms with Gasteiger partial charge in [-0.25, -0.2) is 0 Å². The highest BCUT2D eigenvalue weighted by molar-refractivity contribution is 5.85. The zero-order valence-electron chi connectivity index (χ0n) is 10.2. The van der Waals surface area contributed by atoms with E-state index in [0.29, 0.717) is 13.2 Å². The molecule has 1 heterocycles. The summed E-state index contributed by atoms with van der Waals surface area (Å²) in [5.41, 5.74) is 0. The summed E-state index contributed by atoms with van der Waals surface area (Å²) in [6.07, 6.45) is 2.20. The van der Waals surface area contributed by atoms with Crippen LogP contribution in [0.25, 0.3) is 0 Å². The Labute approximate surface area is 104 Å². The molecule has 0 aliphatic carbocycles. The Kier molecular flexibility index (Phi) is 8.61. The second kappa shape index (κ2) is 8.79. The smallest absolute Gasteiger partial charge is 0.242 e. The lowest BCUT2D eigenvalue weighted by atomic mass is 10.2. The number of morpholine rings is 1. The first-order valence-corrected chi connectivity index (χ1v) is 5.89. The first-order valence-electron chi connectivity index (χ1n) is 5.89. The molecule has 0 aromatic carbocycles. The van der Waals surface area contributed by atoms with Gasteiger partial charge in [-0.2, -0.15) is 0 Å². The van der Waals surface area contributed by atoms with Crippen molar-refractivity contribution in [3.8, 4) is 0 Å². The summed E-state index contributed by atoms with van der Waals surface area (Å²) in [5.74, 6) is 0.186. The van der Waals surface area contributed by atoms with E-state index in [-0.39, 0.29) is 24.4 Å². The zero-order chi connectivity index (χ0) is 11.1. The molecule has 96 valence electrons. The molecule has 1 atom stereocenters. The van der Waals surface area contributed by atoms with Gasteiger partial charge < -0.3 is 15.0 Å². The van der Waals surface area contributed by atoms with Gasteiger partial charge in [-0.05, 0) is 13.3 Å². The number of unbranched alkanes of at least 4 members (excludes halogenated alkanes) is 1. The molecule has 1 aliphatic rings. The minimum atomic E-state index is -0.129. The highest BCUT2D eigenvalue weighted by Gasteiger charge is 2.24. The minimum absolute atomic E-state index is 0. The van der Waals surface area contributed by atoms with E-state index in [1.54, 1.807) is 0 Å². The highest BCUT2D eigenvalue weighted by Crippen LogP contribution is 2.02. The predicted molar refractivity (Wildman–Crippen MR) is 67.0 cm³/mol. The maximum atomic E-state index is 12.0. The van der Waals surface area contributed by atoms with E-state index in [4.69, 9.17) is 4.74 Å². The molecule has 1 N–H and O–H groups in total. The van der Waals surface area contributed by atoms with Crippen molar-refractivity contribution in [2.45, 2.75) is 32.7 Å². The van der Waals surface area contributed by atoms with Crippen molar-refractivity contribution in [1.29, 1.82) is 0 Å². The van der Waals surface area contributed by atoms with Gasteiger partial charge in [-0.15, -0.1) is 12.4 Å². The van der Waals surface area contributed by atoms with E-state index in [1.165, 1.54) is 0 Å². The molecule has 4 nitrogen and oxygen atoms in total. The second-order valence-corrected chi connectivity index (χ2v) is 3.85. The number of amides is 1. The van der Waals surface area contributed by atoms with Gasteiger partial charge in [-0.1, -0.05) is 13.3 Å². The van der Waals surface area contributed by atoms with Gasteiger partial charge in [0.25, 0.3) is 0 Å². The van der Waals surface area contributed by atoms with Gasteiger partial charge in [0.1, 0.15) is 6.04 Å². The predicted octanol–water partition coefficient (Wildman–Crippen LogP) is 1.05. The summed E-state index contributed by atoms with van der Waals surface area (Å²) in [6.45, 7) is 7.83. The van der Waals surface area contributed by atoms with E-state index in [0.717, 1.165) is 32.5 Å². The molecule has 5 heteroatoms. The number of hydrogen-bond donors (Lipinski definition) is 1. The number of ether oxygens (including phenoxy) is 1. The zero-order valence-corrected chi connectivity index (χ0v) is 11.0. The molecule has 0 bridgehead atoms. The monoisotopic (exact) mass is 250 g/mol. The Hall–Kier alpha value is -0.320. The van der Waals surface area contributed by atoms with Crippen LogP contribution in [-0.4, -0.2) is 49.7 Å². The number of nitrogens with zero attached hydrogens (tertiary/aromatic N) is 1. The van der Waals surface area contributed by atoms with Crippen LogP contribution in [0.2, 0.25) is 0 Å². The average molecular weight is 251 g/mol. The summed E-state index contributed by atoms with van der Waals surface area (Å²) in [4.78, 5) is 13.9. The van der Waals surface area contributed by atoms with Crippen LogP contribution in [0.3, 0.4) is 0 Å². The van der Waals surface area contributed by atoms with Gasteiger partial charge in [-0.3, -0.25) is 4.79 Å². The highest BCUT2D eigenvalue weighted by atomic mass is 35.5. The Balaban J connectivity index is 0.00000225. The number of likely N-dealkylation sites (N-methyl/N-ethyl adjacent to an activating group) is 1. The first-order chi connectivity index (χ1) is 7.29. The lowest BCUT2D eigenvalue weighted by molar-refractivity contribution is -0.136. The fourth-order valence-corrected chi connectivity index (χ4v) is 1.72. The molecule has 0 aromatic heterocycles. The third kappa shape index (κ3) is 4.68. The Morgan fingerprint density at radius 3 is 2.75 bits per heavy atom. The van der Waals surface area contributed by atoms with Crippen LogP contribution in [-0.2, 0) is 9.53 Å². The fraction of sp³-hybridized carbons (Fsp3) is 0.909. The molecule has 0 radical (unpaired) electrons. The molecule has 1 amide bonds. The normalized spacial score (nSPS) is 20.0. The summed E-state index contributed by atoms with van der Waals surface area (Å²) < 4.78 is 5.29. The first kappa shape index (κ1) is 15.7. The number of halogens is 1. The fourth-order valence-electron chi connectivity index (χ4n) is 1.72. The van der Waals surface area contributed by atoms with Crippen molar-refractivity contribution in [3.63, 3.8) is 0 Å². The molecule has 1 fully saturated rings. The number of carbonyl (C=O) groups is 1. The summed E-state index contributed by atoms with van der Waals surface area (Å²) >= 11 is 0. The molecule has 0 spiro atoms. The largest absolute Gasteiger partial charge is 0.378 e. The molecule has 0 aromatic rings. The molecule has 1 rings (SSSR count). The number of hydrogen-bond acceptors (Lipinski definition) is 3. The molecule has 0 saturated carbocycles. The summed E-state index contributed by atoms with van der Waals surface area (Å²) in [5, 5.41) is 3.19. The summed E-state index contributed by atoms with van der Waals surface area (Å²) in [7, 11) is 0. The lowest BCUT2D eigenvalue weighted by Crippen LogP contribution is -2.52. The Morgan fingerprint density at radius 1 is 1.50 bits per heavy atom. The van der Waals surface area contributed by atoms with Crippen LogP contribution in [0, 0.1) is 0 Å². The topological polar surface area (TPSA) is 41.6 Å². The van der Waals surface area contributed by atoms with Crippen molar-refractivity contribution >= 4 is 18.3 Å². The van der Waals surface area contributed by atoms with Gasteiger partial charge in [0, 0.05) is 19.6 Å². The molecular formula is C11H23ClN2O2. The van der Waals surface area contributed by atoms with Crippen LogP contribution >= 0.6 is 12.4 Å². The maximum Gasteiger partial charge on any atom is 0.242 e. The standard InChI is InChI=1S/C11H22N2O2.ClH/c1-3-5-7-13(4-2)11(14)10-9-15-8-6-12-10;/h10,12H,3-9H2,1-2H3;1H. The average Bonchev–Trinajstić information content (AvgIpc) is 2.31. The minimum Gasteiger partial charge on any atom is -0.378 e. The SMILES string of the molecule is CCCCN(CC)C(=O)C1COCCN1.Cl.